The highest BCUT2D eigenvalue weighted by Crippen LogP contribution is 2.35. The van der Waals surface area contributed by atoms with Crippen LogP contribution in [0.15, 0.2) is 30.3 Å². The van der Waals surface area contributed by atoms with E-state index in [1.807, 2.05) is 37.3 Å². The van der Waals surface area contributed by atoms with E-state index < -0.39 is 17.8 Å². The van der Waals surface area contributed by atoms with E-state index >= 15 is 0 Å². The molecule has 1 aromatic heterocycles. The molecule has 2 aromatic rings. The zero-order valence-corrected chi connectivity index (χ0v) is 13.6. The Morgan fingerprint density at radius 3 is 2.57 bits per heavy atom. The lowest BCUT2D eigenvalue weighted by molar-refractivity contribution is -0.152. The third-order valence-corrected chi connectivity index (χ3v) is 5.47. The van der Waals surface area contributed by atoms with Gasteiger partial charge in [0.25, 0.3) is 0 Å². The standard InChI is InChI=1S/C17H18N2O3S/c1-10-14(23-16(19-10)11-5-3-2-4-6-11)9-18-15(20)12-7-8-13(12)17(21)22/h2-6,12-13H,7-9H2,1H3,(H,18,20)(H,21,22). The first-order valence-corrected chi connectivity index (χ1v) is 8.40. The van der Waals surface area contributed by atoms with E-state index in [0.29, 0.717) is 19.4 Å². The number of nitrogens with zero attached hydrogens (tertiary/aromatic N) is 1. The van der Waals surface area contributed by atoms with Gasteiger partial charge >= 0.3 is 5.97 Å². The van der Waals surface area contributed by atoms with Crippen LogP contribution in [0.4, 0.5) is 0 Å². The van der Waals surface area contributed by atoms with Gasteiger partial charge in [-0.3, -0.25) is 9.59 Å². The highest BCUT2D eigenvalue weighted by atomic mass is 32.1. The minimum absolute atomic E-state index is 0.169. The maximum absolute atomic E-state index is 12.1. The van der Waals surface area contributed by atoms with Gasteiger partial charge in [0.05, 0.1) is 24.1 Å². The molecule has 0 aliphatic heterocycles. The number of nitrogens with one attached hydrogen (secondary N) is 1. The van der Waals surface area contributed by atoms with Crippen molar-refractivity contribution in [2.24, 2.45) is 11.8 Å². The number of aryl methyl sites for hydroxylation is 1. The number of benzene rings is 1. The molecule has 23 heavy (non-hydrogen) atoms. The fourth-order valence-corrected chi connectivity index (χ4v) is 3.71. The van der Waals surface area contributed by atoms with Crippen molar-refractivity contribution in [2.45, 2.75) is 26.3 Å². The molecule has 1 heterocycles. The smallest absolute Gasteiger partial charge is 0.307 e. The van der Waals surface area contributed by atoms with Gasteiger partial charge in [-0.15, -0.1) is 11.3 Å². The lowest BCUT2D eigenvalue weighted by Crippen LogP contribution is -2.43. The summed E-state index contributed by atoms with van der Waals surface area (Å²) in [6.45, 7) is 2.33. The molecule has 120 valence electrons. The van der Waals surface area contributed by atoms with Gasteiger partial charge < -0.3 is 10.4 Å². The van der Waals surface area contributed by atoms with Crippen molar-refractivity contribution in [3.8, 4) is 10.6 Å². The van der Waals surface area contributed by atoms with Crippen molar-refractivity contribution in [2.75, 3.05) is 0 Å². The van der Waals surface area contributed by atoms with Gasteiger partial charge in [-0.2, -0.15) is 0 Å². The van der Waals surface area contributed by atoms with Crippen molar-refractivity contribution in [3.05, 3.63) is 40.9 Å². The number of carboxylic acid groups (broad SMARTS) is 1. The third-order valence-electron chi connectivity index (χ3n) is 4.26. The molecule has 2 N–H and O–H groups in total. The molecule has 0 saturated heterocycles. The number of carbonyl (C=O) groups is 2. The first-order valence-electron chi connectivity index (χ1n) is 7.58. The van der Waals surface area contributed by atoms with Crippen LogP contribution in [0.5, 0.6) is 0 Å². The number of carboxylic acids is 1. The monoisotopic (exact) mass is 330 g/mol. The number of hydrogen-bond donors (Lipinski definition) is 2. The predicted octanol–water partition coefficient (Wildman–Crippen LogP) is 2.85. The molecule has 1 amide bonds. The molecule has 1 aliphatic carbocycles. The number of hydrogen-bond acceptors (Lipinski definition) is 4. The molecule has 1 aliphatic rings. The largest absolute Gasteiger partial charge is 0.481 e. The van der Waals surface area contributed by atoms with Crippen LogP contribution in [0, 0.1) is 18.8 Å². The molecule has 0 bridgehead atoms. The van der Waals surface area contributed by atoms with Crippen molar-refractivity contribution < 1.29 is 14.7 Å². The summed E-state index contributed by atoms with van der Waals surface area (Å²) >= 11 is 1.56. The maximum Gasteiger partial charge on any atom is 0.307 e. The minimum Gasteiger partial charge on any atom is -0.481 e. The highest BCUT2D eigenvalue weighted by Gasteiger charge is 2.41. The number of aromatic nitrogens is 1. The molecule has 5 nitrogen and oxygen atoms in total. The Bertz CT molecular complexity index is 727. The minimum atomic E-state index is -0.878. The van der Waals surface area contributed by atoms with E-state index in [4.69, 9.17) is 5.11 Å². The Kier molecular flexibility index (Phi) is 4.43. The lowest BCUT2D eigenvalue weighted by atomic mass is 9.73. The number of thiazole rings is 1. The van der Waals surface area contributed by atoms with Crippen molar-refractivity contribution in [1.29, 1.82) is 0 Å². The van der Waals surface area contributed by atoms with Gasteiger partial charge in [0.2, 0.25) is 5.91 Å². The maximum atomic E-state index is 12.1. The first-order chi connectivity index (χ1) is 11.1. The summed E-state index contributed by atoms with van der Waals surface area (Å²) in [5.41, 5.74) is 1.96. The molecule has 1 saturated carbocycles. The second-order valence-electron chi connectivity index (χ2n) is 5.74. The number of carbonyl (C=O) groups excluding carboxylic acids is 1. The molecule has 6 heteroatoms. The van der Waals surface area contributed by atoms with Gasteiger partial charge in [0, 0.05) is 10.4 Å². The van der Waals surface area contributed by atoms with E-state index in [1.54, 1.807) is 11.3 Å². The molecule has 3 rings (SSSR count). The zero-order chi connectivity index (χ0) is 16.4. The normalized spacial score (nSPS) is 19.9. The third kappa shape index (κ3) is 3.27. The van der Waals surface area contributed by atoms with E-state index in [0.717, 1.165) is 21.1 Å². The van der Waals surface area contributed by atoms with Crippen LogP contribution in [0.2, 0.25) is 0 Å². The van der Waals surface area contributed by atoms with Crippen LogP contribution in [-0.2, 0) is 16.1 Å². The summed E-state index contributed by atoms with van der Waals surface area (Å²) in [7, 11) is 0. The fraction of sp³-hybridized carbons (Fsp3) is 0.353. The topological polar surface area (TPSA) is 79.3 Å². The fourth-order valence-electron chi connectivity index (χ4n) is 2.70. The zero-order valence-electron chi connectivity index (χ0n) is 12.8. The average Bonchev–Trinajstić information content (AvgIpc) is 2.85. The number of aliphatic carboxylic acids is 1. The van der Waals surface area contributed by atoms with Crippen molar-refractivity contribution >= 4 is 23.2 Å². The Morgan fingerprint density at radius 1 is 1.26 bits per heavy atom. The van der Waals surface area contributed by atoms with Crippen LogP contribution in [0.1, 0.15) is 23.4 Å². The Balaban J connectivity index is 1.64. The van der Waals surface area contributed by atoms with Crippen LogP contribution < -0.4 is 5.32 Å². The highest BCUT2D eigenvalue weighted by molar-refractivity contribution is 7.15. The Labute approximate surface area is 138 Å². The second-order valence-corrected chi connectivity index (χ2v) is 6.82. The SMILES string of the molecule is Cc1nc(-c2ccccc2)sc1CNC(=O)C1CCC1C(=O)O. The van der Waals surface area contributed by atoms with Crippen LogP contribution >= 0.6 is 11.3 Å². The van der Waals surface area contributed by atoms with E-state index in [1.165, 1.54) is 0 Å². The van der Waals surface area contributed by atoms with Gasteiger partial charge in [-0.05, 0) is 19.8 Å². The van der Waals surface area contributed by atoms with Gasteiger partial charge in [-0.1, -0.05) is 30.3 Å². The van der Waals surface area contributed by atoms with Crippen molar-refractivity contribution in [1.82, 2.24) is 10.3 Å². The van der Waals surface area contributed by atoms with Crippen LogP contribution in [-0.4, -0.2) is 22.0 Å². The number of rotatable bonds is 5. The average molecular weight is 330 g/mol. The van der Waals surface area contributed by atoms with E-state index in [9.17, 15) is 9.59 Å². The van der Waals surface area contributed by atoms with Crippen LogP contribution in [0.3, 0.4) is 0 Å². The van der Waals surface area contributed by atoms with Gasteiger partial charge in [0.15, 0.2) is 0 Å². The molecule has 1 aromatic carbocycles. The van der Waals surface area contributed by atoms with E-state index in [-0.39, 0.29) is 5.91 Å². The summed E-state index contributed by atoms with van der Waals surface area (Å²) in [6.07, 6.45) is 1.24. The molecule has 0 radical (unpaired) electrons. The summed E-state index contributed by atoms with van der Waals surface area (Å²) in [5, 5.41) is 12.8. The molecule has 2 unspecified atom stereocenters. The second kappa shape index (κ2) is 6.50. The Hall–Kier alpha value is -2.21. The van der Waals surface area contributed by atoms with Crippen molar-refractivity contribution in [3.63, 3.8) is 0 Å². The van der Waals surface area contributed by atoms with E-state index in [2.05, 4.69) is 10.3 Å². The molecular weight excluding hydrogens is 312 g/mol. The quantitative estimate of drug-likeness (QED) is 0.883. The Morgan fingerprint density at radius 2 is 1.96 bits per heavy atom. The lowest BCUT2D eigenvalue weighted by Gasteiger charge is -2.31. The van der Waals surface area contributed by atoms with Crippen LogP contribution in [0.25, 0.3) is 10.6 Å². The molecule has 1 fully saturated rings. The summed E-state index contributed by atoms with van der Waals surface area (Å²) in [4.78, 5) is 28.7. The predicted molar refractivity (Wildman–Crippen MR) is 88.0 cm³/mol. The van der Waals surface area contributed by atoms with Gasteiger partial charge in [0.1, 0.15) is 5.01 Å². The molecule has 0 spiro atoms. The summed E-state index contributed by atoms with van der Waals surface area (Å²) in [5.74, 6) is -1.97. The first kappa shape index (κ1) is 15.7. The summed E-state index contributed by atoms with van der Waals surface area (Å²) in [6, 6.07) is 9.91. The molecule has 2 atom stereocenters. The van der Waals surface area contributed by atoms with Gasteiger partial charge in [-0.25, -0.2) is 4.98 Å². The molecular formula is C17H18N2O3S. The number of amides is 1. The summed E-state index contributed by atoms with van der Waals surface area (Å²) < 4.78 is 0.